The highest BCUT2D eigenvalue weighted by atomic mass is 32.1. The molecular weight excluding hydrogens is 412 g/mol. The van der Waals surface area contributed by atoms with Gasteiger partial charge in [-0.25, -0.2) is 4.98 Å². The van der Waals surface area contributed by atoms with Gasteiger partial charge in [-0.15, -0.1) is 0 Å². The number of nitrogens with one attached hydrogen (secondary N) is 1. The molecule has 1 N–H and O–H groups in total. The van der Waals surface area contributed by atoms with E-state index < -0.39 is 0 Å². The van der Waals surface area contributed by atoms with Crippen molar-refractivity contribution in [2.45, 2.75) is 12.3 Å². The first kappa shape index (κ1) is 19.3. The monoisotopic (exact) mass is 432 g/mol. The first-order valence-electron chi connectivity index (χ1n) is 9.83. The van der Waals surface area contributed by atoms with Crippen LogP contribution in [0.25, 0.3) is 15.3 Å². The summed E-state index contributed by atoms with van der Waals surface area (Å²) in [6, 6.07) is 13.7. The van der Waals surface area contributed by atoms with Crippen molar-refractivity contribution < 1.29 is 14.3 Å². The molecule has 5 rings (SSSR count). The van der Waals surface area contributed by atoms with Crippen molar-refractivity contribution >= 4 is 33.3 Å². The quantitative estimate of drug-likeness (QED) is 0.453. The van der Waals surface area contributed by atoms with Crippen LogP contribution in [-0.2, 0) is 4.79 Å². The minimum Gasteiger partial charge on any atom is -0.493 e. The van der Waals surface area contributed by atoms with E-state index in [-0.39, 0.29) is 11.8 Å². The summed E-state index contributed by atoms with van der Waals surface area (Å²) in [6.07, 6.45) is 3.82. The number of ether oxygens (including phenoxy) is 2. The lowest BCUT2D eigenvalue weighted by atomic mass is 9.87. The predicted octanol–water partition coefficient (Wildman–Crippen LogP) is 4.53. The average Bonchev–Trinajstić information content (AvgIpc) is 3.40. The van der Waals surface area contributed by atoms with Crippen molar-refractivity contribution in [1.82, 2.24) is 14.8 Å². The van der Waals surface area contributed by atoms with Crippen LogP contribution in [0.2, 0.25) is 0 Å². The van der Waals surface area contributed by atoms with Crippen molar-refractivity contribution in [3.8, 4) is 16.6 Å². The molecule has 3 heterocycles. The van der Waals surface area contributed by atoms with Gasteiger partial charge in [0.05, 0.1) is 23.5 Å². The fraction of sp³-hybridized carbons (Fsp3) is 0.174. The number of thiazole rings is 1. The topological polar surface area (TPSA) is 78.3 Å². The first-order chi connectivity index (χ1) is 15.2. The second-order valence-electron chi connectivity index (χ2n) is 7.14. The number of carbonyl (C=O) groups is 1. The summed E-state index contributed by atoms with van der Waals surface area (Å²) in [6.45, 7) is 4.06. The molecule has 0 fully saturated rings. The first-order valence-corrected chi connectivity index (χ1v) is 10.6. The SMILES string of the molecule is C=CCOc1ccc(C2CC(=O)Nc3c2cnn3-c2nc3ccccc3s2)cc1OC. The normalized spacial score (nSPS) is 15.4. The number of carbonyl (C=O) groups excluding carboxylic acids is 1. The number of para-hydroxylation sites is 1. The maximum Gasteiger partial charge on any atom is 0.226 e. The van der Waals surface area contributed by atoms with E-state index in [1.165, 1.54) is 11.3 Å². The molecule has 7 nitrogen and oxygen atoms in total. The third-order valence-electron chi connectivity index (χ3n) is 5.23. The van der Waals surface area contributed by atoms with Gasteiger partial charge in [-0.3, -0.25) is 4.79 Å². The number of anilines is 1. The number of methoxy groups -OCH3 is 1. The summed E-state index contributed by atoms with van der Waals surface area (Å²) in [7, 11) is 1.60. The molecule has 0 bridgehead atoms. The highest BCUT2D eigenvalue weighted by molar-refractivity contribution is 7.20. The number of aromatic nitrogens is 3. The molecule has 1 aliphatic heterocycles. The van der Waals surface area contributed by atoms with E-state index in [1.54, 1.807) is 24.1 Å². The van der Waals surface area contributed by atoms with Crippen LogP contribution in [0, 0.1) is 0 Å². The number of rotatable bonds is 6. The van der Waals surface area contributed by atoms with Gasteiger partial charge >= 0.3 is 0 Å². The van der Waals surface area contributed by atoms with Gasteiger partial charge in [-0.2, -0.15) is 9.78 Å². The number of hydrogen-bond acceptors (Lipinski definition) is 6. The summed E-state index contributed by atoms with van der Waals surface area (Å²) in [5.74, 6) is 1.70. The fourth-order valence-corrected chi connectivity index (χ4v) is 4.71. The molecule has 2 aromatic heterocycles. The Morgan fingerprint density at radius 3 is 2.97 bits per heavy atom. The Hall–Kier alpha value is -3.65. The molecule has 4 aromatic rings. The van der Waals surface area contributed by atoms with Gasteiger partial charge in [-0.1, -0.05) is 42.2 Å². The van der Waals surface area contributed by atoms with Crippen LogP contribution in [0.15, 0.2) is 61.3 Å². The standard InChI is InChI=1S/C23H20N4O3S/c1-3-10-30-18-9-8-14(11-19(18)29-2)15-12-21(28)26-22-16(15)13-24-27(22)23-25-17-6-4-5-7-20(17)31-23/h3-9,11,13,15H,1,10,12H2,2H3,(H,26,28). The summed E-state index contributed by atoms with van der Waals surface area (Å²) < 4.78 is 13.9. The second kappa shape index (κ2) is 7.88. The lowest BCUT2D eigenvalue weighted by Crippen LogP contribution is -2.24. The zero-order chi connectivity index (χ0) is 21.4. The molecule has 1 amide bonds. The second-order valence-corrected chi connectivity index (χ2v) is 8.15. The van der Waals surface area contributed by atoms with E-state index >= 15 is 0 Å². The van der Waals surface area contributed by atoms with Gasteiger partial charge in [0.1, 0.15) is 12.4 Å². The zero-order valence-electron chi connectivity index (χ0n) is 16.9. The largest absolute Gasteiger partial charge is 0.493 e. The van der Waals surface area contributed by atoms with Gasteiger partial charge in [0, 0.05) is 17.9 Å². The smallest absolute Gasteiger partial charge is 0.226 e. The maximum absolute atomic E-state index is 12.6. The molecule has 1 atom stereocenters. The zero-order valence-corrected chi connectivity index (χ0v) is 17.7. The van der Waals surface area contributed by atoms with E-state index in [1.807, 2.05) is 42.5 Å². The molecule has 31 heavy (non-hydrogen) atoms. The number of nitrogens with zero attached hydrogens (tertiary/aromatic N) is 3. The molecule has 0 aliphatic carbocycles. The van der Waals surface area contributed by atoms with E-state index in [2.05, 4.69) is 22.0 Å². The summed E-state index contributed by atoms with van der Waals surface area (Å²) in [5, 5.41) is 8.25. The summed E-state index contributed by atoms with van der Waals surface area (Å²) in [5.41, 5.74) is 2.81. The van der Waals surface area contributed by atoms with Crippen molar-refractivity contribution in [2.75, 3.05) is 19.0 Å². The van der Waals surface area contributed by atoms with Gasteiger partial charge in [0.25, 0.3) is 0 Å². The molecule has 0 saturated carbocycles. The van der Waals surface area contributed by atoms with E-state index in [0.717, 1.165) is 21.3 Å². The van der Waals surface area contributed by atoms with Crippen molar-refractivity contribution in [3.05, 3.63) is 72.4 Å². The third-order valence-corrected chi connectivity index (χ3v) is 6.24. The van der Waals surface area contributed by atoms with E-state index in [9.17, 15) is 4.79 Å². The van der Waals surface area contributed by atoms with Crippen LogP contribution in [-0.4, -0.2) is 34.4 Å². The molecule has 0 spiro atoms. The summed E-state index contributed by atoms with van der Waals surface area (Å²) in [4.78, 5) is 17.3. The van der Waals surface area contributed by atoms with Gasteiger partial charge in [-0.05, 0) is 29.8 Å². The van der Waals surface area contributed by atoms with Gasteiger partial charge < -0.3 is 14.8 Å². The number of hydrogen-bond donors (Lipinski definition) is 1. The van der Waals surface area contributed by atoms with Gasteiger partial charge in [0.15, 0.2) is 11.5 Å². The van der Waals surface area contributed by atoms with Crippen LogP contribution < -0.4 is 14.8 Å². The van der Waals surface area contributed by atoms with Crippen LogP contribution >= 0.6 is 11.3 Å². The fourth-order valence-electron chi connectivity index (χ4n) is 3.78. The van der Waals surface area contributed by atoms with E-state index in [0.29, 0.717) is 35.5 Å². The molecule has 2 aromatic carbocycles. The van der Waals surface area contributed by atoms with Crippen molar-refractivity contribution in [3.63, 3.8) is 0 Å². The van der Waals surface area contributed by atoms with Crippen molar-refractivity contribution in [1.29, 1.82) is 0 Å². The van der Waals surface area contributed by atoms with Crippen LogP contribution in [0.3, 0.4) is 0 Å². The van der Waals surface area contributed by atoms with Crippen molar-refractivity contribution in [2.24, 2.45) is 0 Å². The maximum atomic E-state index is 12.6. The Balaban J connectivity index is 1.55. The minimum absolute atomic E-state index is 0.0636. The number of benzene rings is 2. The predicted molar refractivity (Wildman–Crippen MR) is 121 cm³/mol. The highest BCUT2D eigenvalue weighted by Gasteiger charge is 2.31. The minimum atomic E-state index is -0.144. The molecule has 1 unspecified atom stereocenters. The third kappa shape index (κ3) is 3.44. The number of amides is 1. The molecule has 156 valence electrons. The van der Waals surface area contributed by atoms with Crippen LogP contribution in [0.5, 0.6) is 11.5 Å². The number of fused-ring (bicyclic) bond motifs is 2. The highest BCUT2D eigenvalue weighted by Crippen LogP contribution is 2.41. The van der Waals surface area contributed by atoms with Crippen LogP contribution in [0.4, 0.5) is 5.82 Å². The Labute approximate surface area is 182 Å². The Bertz CT molecular complexity index is 1260. The molecule has 8 heteroatoms. The summed E-state index contributed by atoms with van der Waals surface area (Å²) >= 11 is 1.54. The lowest BCUT2D eigenvalue weighted by molar-refractivity contribution is -0.116. The molecule has 1 aliphatic rings. The lowest BCUT2D eigenvalue weighted by Gasteiger charge is -2.24. The van der Waals surface area contributed by atoms with Gasteiger partial charge in [0.2, 0.25) is 11.0 Å². The Kier molecular flexibility index (Phi) is 4.91. The Morgan fingerprint density at radius 1 is 1.29 bits per heavy atom. The molecular formula is C23H20N4O3S. The van der Waals surface area contributed by atoms with E-state index in [4.69, 9.17) is 9.47 Å². The molecule has 0 radical (unpaired) electrons. The Morgan fingerprint density at radius 2 is 2.16 bits per heavy atom. The molecule has 0 saturated heterocycles. The van der Waals surface area contributed by atoms with Crippen LogP contribution in [0.1, 0.15) is 23.5 Å². The average molecular weight is 433 g/mol.